The fourth-order valence-electron chi connectivity index (χ4n) is 1.21. The Labute approximate surface area is 63.7 Å². The quantitative estimate of drug-likeness (QED) is 0.541. The topological polar surface area (TPSA) is 46.0 Å². The van der Waals surface area contributed by atoms with Crippen molar-refractivity contribution in [3.05, 3.63) is 16.8 Å². The van der Waals surface area contributed by atoms with Gasteiger partial charge in [0.05, 0.1) is 11.5 Å². The van der Waals surface area contributed by atoms with E-state index in [1.54, 1.807) is 0 Å². The molecule has 0 bridgehead atoms. The van der Waals surface area contributed by atoms with Gasteiger partial charge in [0, 0.05) is 5.22 Å². The normalized spacial score (nSPS) is 14.5. The molecule has 0 amide bonds. The molecule has 11 heavy (non-hydrogen) atoms. The summed E-state index contributed by atoms with van der Waals surface area (Å²) in [4.78, 5) is 0. The molecule has 1 N–H and O–H groups in total. The van der Waals surface area contributed by atoms with Crippen molar-refractivity contribution >= 4 is 12.2 Å². The Hall–Kier alpha value is -1.38. The second-order valence-corrected chi connectivity index (χ2v) is 2.51. The van der Waals surface area contributed by atoms with Crippen LogP contribution in [-0.2, 0) is 0 Å². The van der Waals surface area contributed by atoms with Gasteiger partial charge in [0.2, 0.25) is 0 Å². The highest BCUT2D eigenvalue weighted by Gasteiger charge is 1.98. The number of hydrogen-bond acceptors (Lipinski definition) is 3. The average molecular weight is 148 g/mol. The first-order valence-corrected chi connectivity index (χ1v) is 3.59. The molecule has 56 valence electrons. The summed E-state index contributed by atoms with van der Waals surface area (Å²) in [7, 11) is 0. The van der Waals surface area contributed by atoms with Crippen LogP contribution in [0.25, 0.3) is 12.2 Å². The van der Waals surface area contributed by atoms with E-state index < -0.39 is 0 Å². The first kappa shape index (κ1) is 6.34. The Morgan fingerprint density at radius 1 is 1.27 bits per heavy atom. The van der Waals surface area contributed by atoms with Crippen molar-refractivity contribution in [3.8, 4) is 5.75 Å². The third-order valence-corrected chi connectivity index (χ3v) is 1.75. The Morgan fingerprint density at radius 3 is 2.91 bits per heavy atom. The molecular formula is C8H8N2O. The minimum Gasteiger partial charge on any atom is -0.506 e. The molecule has 0 saturated heterocycles. The number of aromatic nitrogens is 2. The second-order valence-electron chi connectivity index (χ2n) is 2.51. The minimum atomic E-state index is 0.228. The summed E-state index contributed by atoms with van der Waals surface area (Å²) in [6.45, 7) is 0. The van der Waals surface area contributed by atoms with Crippen molar-refractivity contribution < 1.29 is 5.11 Å². The number of rotatable bonds is 0. The number of hydrogen-bond donors (Lipinski definition) is 1. The number of nitrogens with zero attached hydrogens (tertiary/aromatic N) is 2. The van der Waals surface area contributed by atoms with Crippen molar-refractivity contribution in [2.75, 3.05) is 0 Å². The molecule has 1 heterocycles. The standard InChI is InChI=1S/C8H8N2O/c11-8-5-9-10-7-4-2-1-3-6(7)8/h3-5,11H,1-2H2. The third kappa shape index (κ3) is 0.981. The Balaban J connectivity index is 2.88. The highest BCUT2D eigenvalue weighted by atomic mass is 16.3. The van der Waals surface area contributed by atoms with E-state index in [4.69, 9.17) is 0 Å². The highest BCUT2D eigenvalue weighted by Crippen LogP contribution is 1.98. The van der Waals surface area contributed by atoms with Gasteiger partial charge in [0.1, 0.15) is 5.75 Å². The fourth-order valence-corrected chi connectivity index (χ4v) is 1.21. The molecule has 0 spiro atoms. The van der Waals surface area contributed by atoms with Crippen LogP contribution in [0.5, 0.6) is 5.75 Å². The molecule has 1 aromatic heterocycles. The predicted octanol–water partition coefficient (Wildman–Crippen LogP) is -0.463. The van der Waals surface area contributed by atoms with Gasteiger partial charge in [-0.25, -0.2) is 0 Å². The second kappa shape index (κ2) is 2.34. The smallest absolute Gasteiger partial charge is 0.144 e. The van der Waals surface area contributed by atoms with E-state index in [1.165, 1.54) is 6.20 Å². The van der Waals surface area contributed by atoms with E-state index in [1.807, 2.05) is 12.2 Å². The molecule has 3 nitrogen and oxygen atoms in total. The van der Waals surface area contributed by atoms with Crippen LogP contribution in [0.2, 0.25) is 0 Å². The van der Waals surface area contributed by atoms with E-state index >= 15 is 0 Å². The van der Waals surface area contributed by atoms with Crippen LogP contribution in [0.4, 0.5) is 0 Å². The van der Waals surface area contributed by atoms with Gasteiger partial charge in [-0.05, 0) is 12.8 Å². The molecule has 0 aliphatic heterocycles. The Bertz CT molecular complexity index is 384. The van der Waals surface area contributed by atoms with E-state index in [2.05, 4.69) is 10.2 Å². The zero-order valence-corrected chi connectivity index (χ0v) is 5.99. The molecule has 0 unspecified atom stereocenters. The van der Waals surface area contributed by atoms with Crippen molar-refractivity contribution in [2.45, 2.75) is 12.8 Å². The lowest BCUT2D eigenvalue weighted by molar-refractivity contribution is 0.464. The summed E-state index contributed by atoms with van der Waals surface area (Å²) in [6.07, 6.45) is 7.31. The third-order valence-electron chi connectivity index (χ3n) is 1.75. The lowest BCUT2D eigenvalue weighted by Gasteiger charge is -1.98. The largest absolute Gasteiger partial charge is 0.506 e. The lowest BCUT2D eigenvalue weighted by Crippen LogP contribution is -2.30. The first-order valence-electron chi connectivity index (χ1n) is 3.59. The zero-order chi connectivity index (χ0) is 7.68. The molecule has 1 aliphatic rings. The van der Waals surface area contributed by atoms with Crippen LogP contribution in [0, 0.1) is 0 Å². The van der Waals surface area contributed by atoms with Gasteiger partial charge in [-0.2, -0.15) is 10.2 Å². The summed E-state index contributed by atoms with van der Waals surface area (Å²) >= 11 is 0. The zero-order valence-electron chi connectivity index (χ0n) is 5.99. The van der Waals surface area contributed by atoms with E-state index in [9.17, 15) is 5.11 Å². The van der Waals surface area contributed by atoms with Crippen LogP contribution in [0.1, 0.15) is 12.8 Å². The van der Waals surface area contributed by atoms with Crippen molar-refractivity contribution in [1.82, 2.24) is 10.2 Å². The van der Waals surface area contributed by atoms with Crippen LogP contribution >= 0.6 is 0 Å². The fraction of sp³-hybridized carbons (Fsp3) is 0.250. The lowest BCUT2D eigenvalue weighted by atomic mass is 10.1. The van der Waals surface area contributed by atoms with E-state index in [-0.39, 0.29) is 5.75 Å². The molecular weight excluding hydrogens is 140 g/mol. The molecule has 1 aromatic rings. The van der Waals surface area contributed by atoms with Crippen LogP contribution in [0.3, 0.4) is 0 Å². The monoisotopic (exact) mass is 148 g/mol. The van der Waals surface area contributed by atoms with Gasteiger partial charge in [-0.3, -0.25) is 0 Å². The van der Waals surface area contributed by atoms with Crippen LogP contribution in [-0.4, -0.2) is 15.3 Å². The Kier molecular flexibility index (Phi) is 1.35. The maximum absolute atomic E-state index is 9.30. The predicted molar refractivity (Wildman–Crippen MR) is 41.1 cm³/mol. The summed E-state index contributed by atoms with van der Waals surface area (Å²) in [5.41, 5.74) is 0. The minimum absolute atomic E-state index is 0.228. The van der Waals surface area contributed by atoms with Crippen molar-refractivity contribution in [3.63, 3.8) is 0 Å². The summed E-state index contributed by atoms with van der Waals surface area (Å²) < 4.78 is 0. The molecule has 0 atom stereocenters. The van der Waals surface area contributed by atoms with Gasteiger partial charge in [-0.1, -0.05) is 12.2 Å². The van der Waals surface area contributed by atoms with Crippen LogP contribution < -0.4 is 10.6 Å². The molecule has 2 rings (SSSR count). The molecule has 0 radical (unpaired) electrons. The van der Waals surface area contributed by atoms with Gasteiger partial charge >= 0.3 is 0 Å². The molecule has 0 aromatic carbocycles. The average Bonchev–Trinajstić information content (AvgIpc) is 2.06. The van der Waals surface area contributed by atoms with E-state index in [0.717, 1.165) is 23.4 Å². The molecule has 0 fully saturated rings. The summed E-state index contributed by atoms with van der Waals surface area (Å²) in [5.74, 6) is 0.228. The van der Waals surface area contributed by atoms with Gasteiger partial charge in [0.25, 0.3) is 0 Å². The van der Waals surface area contributed by atoms with Crippen molar-refractivity contribution in [1.29, 1.82) is 0 Å². The molecule has 3 heteroatoms. The maximum Gasteiger partial charge on any atom is 0.144 e. The summed E-state index contributed by atoms with van der Waals surface area (Å²) in [5, 5.41) is 18.5. The molecule has 0 saturated carbocycles. The van der Waals surface area contributed by atoms with Gasteiger partial charge in [-0.15, -0.1) is 0 Å². The number of fused-ring (bicyclic) bond motifs is 1. The van der Waals surface area contributed by atoms with Gasteiger partial charge in [0.15, 0.2) is 0 Å². The molecule has 1 aliphatic carbocycles. The highest BCUT2D eigenvalue weighted by molar-refractivity contribution is 5.39. The number of aromatic hydroxyl groups is 1. The van der Waals surface area contributed by atoms with Crippen molar-refractivity contribution in [2.24, 2.45) is 0 Å². The van der Waals surface area contributed by atoms with E-state index in [0.29, 0.717) is 0 Å². The van der Waals surface area contributed by atoms with Crippen LogP contribution in [0.15, 0.2) is 6.20 Å². The SMILES string of the molecule is Oc1cnnc2c1=CCCC=2. The van der Waals surface area contributed by atoms with Gasteiger partial charge < -0.3 is 5.11 Å². The first-order chi connectivity index (χ1) is 5.38. The maximum atomic E-state index is 9.30. The summed E-state index contributed by atoms with van der Waals surface area (Å²) in [6, 6.07) is 0. The Morgan fingerprint density at radius 2 is 2.09 bits per heavy atom.